The van der Waals surface area contributed by atoms with E-state index in [1.165, 1.54) is 12.8 Å². The SMILES string of the molecule is Cc1nn(C(C)C)c(NC2CCC(C)C2C)c1N. The zero-order chi connectivity index (χ0) is 13.4. The van der Waals surface area contributed by atoms with Crippen LogP contribution in [0.2, 0.25) is 0 Å². The molecule has 1 fully saturated rings. The van der Waals surface area contributed by atoms with Crippen LogP contribution in [-0.4, -0.2) is 15.8 Å². The molecule has 1 aliphatic rings. The topological polar surface area (TPSA) is 55.9 Å². The van der Waals surface area contributed by atoms with Crippen molar-refractivity contribution >= 4 is 11.5 Å². The summed E-state index contributed by atoms with van der Waals surface area (Å²) in [6.45, 7) is 10.9. The molecular formula is C14H26N4. The van der Waals surface area contributed by atoms with Gasteiger partial charge in [0, 0.05) is 12.1 Å². The van der Waals surface area contributed by atoms with E-state index >= 15 is 0 Å². The first-order chi connectivity index (χ1) is 8.41. The molecule has 3 unspecified atom stereocenters. The van der Waals surface area contributed by atoms with E-state index in [4.69, 9.17) is 5.73 Å². The van der Waals surface area contributed by atoms with Crippen LogP contribution in [0, 0.1) is 18.8 Å². The van der Waals surface area contributed by atoms with Crippen LogP contribution >= 0.6 is 0 Å². The maximum absolute atomic E-state index is 6.15. The third-order valence-electron chi connectivity index (χ3n) is 4.41. The van der Waals surface area contributed by atoms with Gasteiger partial charge in [-0.15, -0.1) is 0 Å². The van der Waals surface area contributed by atoms with Crippen molar-refractivity contribution in [3.05, 3.63) is 5.69 Å². The minimum absolute atomic E-state index is 0.331. The Balaban J connectivity index is 2.23. The van der Waals surface area contributed by atoms with Gasteiger partial charge in [-0.25, -0.2) is 4.68 Å². The molecule has 0 aliphatic heterocycles. The van der Waals surface area contributed by atoms with Crippen molar-refractivity contribution in [3.63, 3.8) is 0 Å². The van der Waals surface area contributed by atoms with Gasteiger partial charge in [0.2, 0.25) is 0 Å². The molecule has 1 saturated carbocycles. The number of nitrogens with one attached hydrogen (secondary N) is 1. The van der Waals surface area contributed by atoms with Crippen LogP contribution in [0.5, 0.6) is 0 Å². The maximum Gasteiger partial charge on any atom is 0.148 e. The predicted molar refractivity (Wildman–Crippen MR) is 76.7 cm³/mol. The van der Waals surface area contributed by atoms with Crippen LogP contribution in [-0.2, 0) is 0 Å². The summed E-state index contributed by atoms with van der Waals surface area (Å²) < 4.78 is 2.01. The number of aromatic nitrogens is 2. The van der Waals surface area contributed by atoms with Crippen molar-refractivity contribution < 1.29 is 0 Å². The van der Waals surface area contributed by atoms with Gasteiger partial charge in [0.15, 0.2) is 0 Å². The van der Waals surface area contributed by atoms with E-state index in [1.807, 2.05) is 11.6 Å². The van der Waals surface area contributed by atoms with Crippen molar-refractivity contribution in [2.24, 2.45) is 11.8 Å². The van der Waals surface area contributed by atoms with Gasteiger partial charge in [-0.2, -0.15) is 5.10 Å². The Kier molecular flexibility index (Phi) is 3.55. The van der Waals surface area contributed by atoms with Crippen LogP contribution in [0.3, 0.4) is 0 Å². The second kappa shape index (κ2) is 4.82. The Hall–Kier alpha value is -1.19. The average Bonchev–Trinajstić information content (AvgIpc) is 2.77. The van der Waals surface area contributed by atoms with Crippen molar-refractivity contribution in [1.29, 1.82) is 0 Å². The summed E-state index contributed by atoms with van der Waals surface area (Å²) >= 11 is 0. The van der Waals surface area contributed by atoms with Gasteiger partial charge in [0.1, 0.15) is 5.82 Å². The zero-order valence-corrected chi connectivity index (χ0v) is 12.2. The lowest BCUT2D eigenvalue weighted by Crippen LogP contribution is -2.26. The summed E-state index contributed by atoms with van der Waals surface area (Å²) in [6.07, 6.45) is 2.53. The van der Waals surface area contributed by atoms with Gasteiger partial charge in [0.25, 0.3) is 0 Å². The van der Waals surface area contributed by atoms with E-state index in [2.05, 4.69) is 38.1 Å². The molecule has 3 atom stereocenters. The summed E-state index contributed by atoms with van der Waals surface area (Å²) in [4.78, 5) is 0. The molecule has 1 aromatic rings. The number of hydrogen-bond acceptors (Lipinski definition) is 3. The van der Waals surface area contributed by atoms with Crippen LogP contribution in [0.15, 0.2) is 0 Å². The molecule has 102 valence electrons. The highest BCUT2D eigenvalue weighted by Gasteiger charge is 2.31. The summed E-state index contributed by atoms with van der Waals surface area (Å²) in [6, 6.07) is 0.855. The van der Waals surface area contributed by atoms with Crippen LogP contribution in [0.25, 0.3) is 0 Å². The number of rotatable bonds is 3. The predicted octanol–water partition coefficient (Wildman–Crippen LogP) is 3.20. The van der Waals surface area contributed by atoms with E-state index in [0.717, 1.165) is 23.1 Å². The van der Waals surface area contributed by atoms with Gasteiger partial charge in [-0.1, -0.05) is 13.8 Å². The second-order valence-corrected chi connectivity index (χ2v) is 6.05. The summed E-state index contributed by atoms with van der Waals surface area (Å²) in [7, 11) is 0. The molecule has 1 aliphatic carbocycles. The largest absolute Gasteiger partial charge is 0.394 e. The minimum atomic E-state index is 0.331. The third-order valence-corrected chi connectivity index (χ3v) is 4.41. The van der Waals surface area contributed by atoms with Crippen LogP contribution in [0.1, 0.15) is 52.3 Å². The molecule has 0 bridgehead atoms. The van der Waals surface area contributed by atoms with E-state index in [-0.39, 0.29) is 0 Å². The fourth-order valence-corrected chi connectivity index (χ4v) is 2.82. The standard InChI is InChI=1S/C14H26N4/c1-8(2)18-14(13(15)11(5)17-18)16-12-7-6-9(3)10(12)4/h8-10,12,16H,6-7,15H2,1-5H3. The van der Waals surface area contributed by atoms with Gasteiger partial charge in [-0.05, 0) is 45.4 Å². The fourth-order valence-electron chi connectivity index (χ4n) is 2.82. The summed E-state index contributed by atoms with van der Waals surface area (Å²) in [5, 5.41) is 8.16. The van der Waals surface area contributed by atoms with Gasteiger partial charge in [-0.3, -0.25) is 0 Å². The molecule has 2 rings (SSSR count). The normalized spacial score (nSPS) is 28.0. The quantitative estimate of drug-likeness (QED) is 0.866. The molecule has 4 nitrogen and oxygen atoms in total. The highest BCUT2D eigenvalue weighted by Crippen LogP contribution is 2.35. The van der Waals surface area contributed by atoms with E-state index in [0.29, 0.717) is 18.0 Å². The lowest BCUT2D eigenvalue weighted by atomic mass is 9.98. The number of hydrogen-bond donors (Lipinski definition) is 2. The Morgan fingerprint density at radius 1 is 1.33 bits per heavy atom. The lowest BCUT2D eigenvalue weighted by Gasteiger charge is -2.22. The molecule has 1 aromatic heterocycles. The second-order valence-electron chi connectivity index (χ2n) is 6.05. The number of anilines is 2. The maximum atomic E-state index is 6.15. The Morgan fingerprint density at radius 2 is 2.00 bits per heavy atom. The highest BCUT2D eigenvalue weighted by atomic mass is 15.4. The van der Waals surface area contributed by atoms with Crippen molar-refractivity contribution in [3.8, 4) is 0 Å². The molecular weight excluding hydrogens is 224 g/mol. The Labute approximate surface area is 110 Å². The number of nitrogens with two attached hydrogens (primary N) is 1. The molecule has 3 N–H and O–H groups in total. The van der Waals surface area contributed by atoms with Crippen molar-refractivity contribution in [2.75, 3.05) is 11.1 Å². The molecule has 0 saturated heterocycles. The molecule has 0 radical (unpaired) electrons. The van der Waals surface area contributed by atoms with Gasteiger partial charge in [0.05, 0.1) is 11.4 Å². The van der Waals surface area contributed by atoms with E-state index < -0.39 is 0 Å². The minimum Gasteiger partial charge on any atom is -0.394 e. The van der Waals surface area contributed by atoms with E-state index in [1.54, 1.807) is 0 Å². The Morgan fingerprint density at radius 3 is 2.50 bits per heavy atom. The van der Waals surface area contributed by atoms with Crippen molar-refractivity contribution in [1.82, 2.24) is 9.78 Å². The van der Waals surface area contributed by atoms with Crippen molar-refractivity contribution in [2.45, 2.75) is 59.5 Å². The first kappa shape index (κ1) is 13.2. The molecule has 18 heavy (non-hydrogen) atoms. The molecule has 0 amide bonds. The zero-order valence-electron chi connectivity index (χ0n) is 12.2. The average molecular weight is 250 g/mol. The van der Waals surface area contributed by atoms with E-state index in [9.17, 15) is 0 Å². The molecule has 4 heteroatoms. The molecule has 1 heterocycles. The lowest BCUT2D eigenvalue weighted by molar-refractivity contribution is 0.432. The fraction of sp³-hybridized carbons (Fsp3) is 0.786. The smallest absolute Gasteiger partial charge is 0.148 e. The number of nitrogens with zero attached hydrogens (tertiary/aromatic N) is 2. The van der Waals surface area contributed by atoms with Gasteiger partial charge >= 0.3 is 0 Å². The molecule has 0 spiro atoms. The monoisotopic (exact) mass is 250 g/mol. The van der Waals surface area contributed by atoms with Gasteiger partial charge < -0.3 is 11.1 Å². The third kappa shape index (κ3) is 2.20. The first-order valence-corrected chi connectivity index (χ1v) is 7.03. The number of aryl methyl sites for hydroxylation is 1. The highest BCUT2D eigenvalue weighted by molar-refractivity contribution is 5.65. The Bertz CT molecular complexity index is 422. The van der Waals surface area contributed by atoms with Crippen LogP contribution in [0.4, 0.5) is 11.5 Å². The number of nitrogen functional groups attached to an aromatic ring is 1. The summed E-state index contributed by atoms with van der Waals surface area (Å²) in [5.74, 6) is 2.49. The first-order valence-electron chi connectivity index (χ1n) is 7.03. The summed E-state index contributed by atoms with van der Waals surface area (Å²) in [5.41, 5.74) is 7.88. The van der Waals surface area contributed by atoms with Crippen LogP contribution < -0.4 is 11.1 Å². The molecule has 0 aromatic carbocycles.